The first-order chi connectivity index (χ1) is 11.1. The topological polar surface area (TPSA) is 78.5 Å². The average molecular weight is 339 g/mol. The highest BCUT2D eigenvalue weighted by atomic mass is 32.2. The summed E-state index contributed by atoms with van der Waals surface area (Å²) in [7, 11) is -3.52. The van der Waals surface area contributed by atoms with E-state index >= 15 is 0 Å². The lowest BCUT2D eigenvalue weighted by molar-refractivity contribution is -0.126. The summed E-state index contributed by atoms with van der Waals surface area (Å²) in [6.07, 6.45) is 1.44. The summed E-state index contributed by atoms with van der Waals surface area (Å²) in [5, 5.41) is 6.02. The Labute approximate surface area is 138 Å². The zero-order valence-corrected chi connectivity index (χ0v) is 14.3. The third-order valence-corrected chi connectivity index (χ3v) is 5.87. The van der Waals surface area contributed by atoms with Crippen molar-refractivity contribution < 1.29 is 13.2 Å². The van der Waals surface area contributed by atoms with Crippen LogP contribution in [0.3, 0.4) is 0 Å². The largest absolute Gasteiger partial charge is 0.355 e. The molecule has 0 radical (unpaired) electrons. The fourth-order valence-electron chi connectivity index (χ4n) is 2.71. The average Bonchev–Trinajstić information content (AvgIpc) is 2.59. The molecule has 1 unspecified atom stereocenters. The first kappa shape index (κ1) is 17.9. The molecule has 1 atom stereocenters. The third kappa shape index (κ3) is 4.76. The Hall–Kier alpha value is -1.44. The molecule has 1 fully saturated rings. The molecule has 0 saturated carbocycles. The van der Waals surface area contributed by atoms with Gasteiger partial charge >= 0.3 is 0 Å². The van der Waals surface area contributed by atoms with Crippen molar-refractivity contribution in [3.05, 3.63) is 30.3 Å². The second-order valence-electron chi connectivity index (χ2n) is 5.66. The van der Waals surface area contributed by atoms with E-state index in [-0.39, 0.29) is 23.3 Å². The van der Waals surface area contributed by atoms with E-state index in [1.807, 2.05) is 6.92 Å². The van der Waals surface area contributed by atoms with Gasteiger partial charge in [0.05, 0.1) is 10.8 Å². The molecule has 128 valence electrons. The molecule has 0 aromatic heterocycles. The van der Waals surface area contributed by atoms with Crippen LogP contribution >= 0.6 is 0 Å². The highest BCUT2D eigenvalue weighted by Gasteiger charge is 2.32. The van der Waals surface area contributed by atoms with Crippen LogP contribution in [0.15, 0.2) is 35.2 Å². The molecule has 23 heavy (non-hydrogen) atoms. The van der Waals surface area contributed by atoms with Crippen LogP contribution in [-0.2, 0) is 14.8 Å². The maximum Gasteiger partial charge on any atom is 0.243 e. The van der Waals surface area contributed by atoms with Gasteiger partial charge in [-0.25, -0.2) is 8.42 Å². The minimum atomic E-state index is -3.52. The molecule has 0 aliphatic carbocycles. The van der Waals surface area contributed by atoms with Gasteiger partial charge in [0.2, 0.25) is 15.9 Å². The van der Waals surface area contributed by atoms with E-state index in [0.717, 1.165) is 19.5 Å². The van der Waals surface area contributed by atoms with Crippen LogP contribution in [0.1, 0.15) is 19.8 Å². The van der Waals surface area contributed by atoms with Crippen molar-refractivity contribution in [2.45, 2.75) is 24.7 Å². The molecular formula is C16H25N3O3S. The van der Waals surface area contributed by atoms with Crippen LogP contribution in [0.5, 0.6) is 0 Å². The molecule has 2 rings (SSSR count). The summed E-state index contributed by atoms with van der Waals surface area (Å²) >= 11 is 0. The molecule has 1 aromatic carbocycles. The number of piperidine rings is 1. The van der Waals surface area contributed by atoms with E-state index in [1.165, 1.54) is 4.31 Å². The van der Waals surface area contributed by atoms with Crippen LogP contribution in [-0.4, -0.2) is 51.4 Å². The number of nitrogens with zero attached hydrogens (tertiary/aromatic N) is 1. The standard InChI is InChI=1S/C16H25N3O3S/c1-2-17-10-11-18-16(20)14-7-6-12-19(13-14)23(21,22)15-8-4-3-5-9-15/h3-5,8-9,14,17H,2,6-7,10-13H2,1H3,(H,18,20). The summed E-state index contributed by atoms with van der Waals surface area (Å²) in [4.78, 5) is 12.5. The van der Waals surface area contributed by atoms with Crippen molar-refractivity contribution >= 4 is 15.9 Å². The van der Waals surface area contributed by atoms with Crippen LogP contribution in [0.4, 0.5) is 0 Å². The number of hydrogen-bond acceptors (Lipinski definition) is 4. The van der Waals surface area contributed by atoms with E-state index in [2.05, 4.69) is 10.6 Å². The summed E-state index contributed by atoms with van der Waals surface area (Å²) < 4.78 is 26.7. The van der Waals surface area contributed by atoms with Gasteiger partial charge in [-0.15, -0.1) is 0 Å². The predicted molar refractivity (Wildman–Crippen MR) is 89.5 cm³/mol. The lowest BCUT2D eigenvalue weighted by atomic mass is 9.99. The van der Waals surface area contributed by atoms with Crippen LogP contribution < -0.4 is 10.6 Å². The van der Waals surface area contributed by atoms with E-state index < -0.39 is 10.0 Å². The van der Waals surface area contributed by atoms with Gasteiger partial charge < -0.3 is 10.6 Å². The molecular weight excluding hydrogens is 314 g/mol. The van der Waals surface area contributed by atoms with Crippen LogP contribution in [0, 0.1) is 5.92 Å². The van der Waals surface area contributed by atoms with Crippen LogP contribution in [0.25, 0.3) is 0 Å². The zero-order chi connectivity index (χ0) is 16.7. The quantitative estimate of drug-likeness (QED) is 0.721. The fraction of sp³-hybridized carbons (Fsp3) is 0.562. The minimum Gasteiger partial charge on any atom is -0.355 e. The molecule has 6 nitrogen and oxygen atoms in total. The van der Waals surface area contributed by atoms with E-state index in [9.17, 15) is 13.2 Å². The van der Waals surface area contributed by atoms with Gasteiger partial charge in [-0.3, -0.25) is 4.79 Å². The number of carbonyl (C=O) groups is 1. The smallest absolute Gasteiger partial charge is 0.243 e. The fourth-order valence-corrected chi connectivity index (χ4v) is 4.26. The maximum atomic E-state index is 12.6. The molecule has 1 aliphatic heterocycles. The molecule has 2 N–H and O–H groups in total. The monoisotopic (exact) mass is 339 g/mol. The molecule has 0 spiro atoms. The normalized spacial score (nSPS) is 19.4. The second-order valence-corrected chi connectivity index (χ2v) is 7.60. The number of likely N-dealkylation sites (N-methyl/N-ethyl adjacent to an activating group) is 1. The zero-order valence-electron chi connectivity index (χ0n) is 13.5. The lowest BCUT2D eigenvalue weighted by Gasteiger charge is -2.31. The van der Waals surface area contributed by atoms with Crippen molar-refractivity contribution in [2.75, 3.05) is 32.7 Å². The van der Waals surface area contributed by atoms with E-state index in [4.69, 9.17) is 0 Å². The first-order valence-corrected chi connectivity index (χ1v) is 9.53. The highest BCUT2D eigenvalue weighted by molar-refractivity contribution is 7.89. The summed E-state index contributed by atoms with van der Waals surface area (Å²) in [6, 6.07) is 8.39. The van der Waals surface area contributed by atoms with Gasteiger partial charge in [0.25, 0.3) is 0 Å². The number of benzene rings is 1. The third-order valence-electron chi connectivity index (χ3n) is 3.99. The summed E-state index contributed by atoms with van der Waals surface area (Å²) in [5.41, 5.74) is 0. The Morgan fingerprint density at radius 1 is 1.26 bits per heavy atom. The van der Waals surface area contributed by atoms with Crippen molar-refractivity contribution in [1.82, 2.24) is 14.9 Å². The van der Waals surface area contributed by atoms with Gasteiger partial charge in [-0.05, 0) is 31.5 Å². The van der Waals surface area contributed by atoms with Gasteiger partial charge in [-0.1, -0.05) is 25.1 Å². The van der Waals surface area contributed by atoms with Crippen LogP contribution in [0.2, 0.25) is 0 Å². The van der Waals surface area contributed by atoms with Gasteiger partial charge in [0.15, 0.2) is 0 Å². The van der Waals surface area contributed by atoms with Crippen molar-refractivity contribution in [3.8, 4) is 0 Å². The molecule has 1 amide bonds. The van der Waals surface area contributed by atoms with Crippen molar-refractivity contribution in [1.29, 1.82) is 0 Å². The number of sulfonamides is 1. The minimum absolute atomic E-state index is 0.0594. The molecule has 7 heteroatoms. The second kappa shape index (κ2) is 8.42. The molecule has 1 saturated heterocycles. The van der Waals surface area contributed by atoms with Crippen molar-refractivity contribution in [3.63, 3.8) is 0 Å². The predicted octanol–water partition coefficient (Wildman–Crippen LogP) is 0.813. The number of nitrogens with one attached hydrogen (secondary N) is 2. The Balaban J connectivity index is 1.96. The Morgan fingerprint density at radius 3 is 2.70 bits per heavy atom. The Bertz CT molecular complexity index is 604. The Morgan fingerprint density at radius 2 is 2.00 bits per heavy atom. The number of carbonyl (C=O) groups excluding carboxylic acids is 1. The van der Waals surface area contributed by atoms with Gasteiger partial charge in [0.1, 0.15) is 0 Å². The van der Waals surface area contributed by atoms with E-state index in [0.29, 0.717) is 19.5 Å². The number of amides is 1. The van der Waals surface area contributed by atoms with Gasteiger partial charge in [0, 0.05) is 26.2 Å². The maximum absolute atomic E-state index is 12.6. The highest BCUT2D eigenvalue weighted by Crippen LogP contribution is 2.23. The van der Waals surface area contributed by atoms with E-state index in [1.54, 1.807) is 30.3 Å². The first-order valence-electron chi connectivity index (χ1n) is 8.09. The summed E-state index contributed by atoms with van der Waals surface area (Å²) in [6.45, 7) is 4.88. The van der Waals surface area contributed by atoms with Crippen molar-refractivity contribution in [2.24, 2.45) is 5.92 Å². The lowest BCUT2D eigenvalue weighted by Crippen LogP contribution is -2.46. The molecule has 0 bridgehead atoms. The van der Waals surface area contributed by atoms with Gasteiger partial charge in [-0.2, -0.15) is 4.31 Å². The number of rotatable bonds is 7. The summed E-state index contributed by atoms with van der Waals surface area (Å²) in [5.74, 6) is -0.334. The number of hydrogen-bond donors (Lipinski definition) is 2. The molecule has 1 aromatic rings. The Kier molecular flexibility index (Phi) is 6.56. The molecule has 1 heterocycles. The SMILES string of the molecule is CCNCCNC(=O)C1CCCN(S(=O)(=O)c2ccccc2)C1. The molecule has 1 aliphatic rings.